The number of oxime groups is 1. The fraction of sp³-hybridized carbons (Fsp3) is 0.0833. The van der Waals surface area contributed by atoms with Gasteiger partial charge in [0.05, 0.1) is 5.69 Å². The van der Waals surface area contributed by atoms with Crippen LogP contribution < -0.4 is 11.1 Å². The van der Waals surface area contributed by atoms with Gasteiger partial charge >= 0.3 is 0 Å². The minimum absolute atomic E-state index is 0.0184. The second-order valence-electron chi connectivity index (χ2n) is 4.01. The minimum Gasteiger partial charge on any atom is -0.409 e. The van der Waals surface area contributed by atoms with E-state index in [-0.39, 0.29) is 22.8 Å². The largest absolute Gasteiger partial charge is 0.409 e. The van der Waals surface area contributed by atoms with E-state index < -0.39 is 11.7 Å². The first kappa shape index (κ1) is 13.5. The van der Waals surface area contributed by atoms with Gasteiger partial charge in [0.15, 0.2) is 11.5 Å². The molecular weight excluding hydrogens is 265 g/mol. The molecule has 0 bridgehead atoms. The van der Waals surface area contributed by atoms with Crippen molar-refractivity contribution in [3.8, 4) is 0 Å². The van der Waals surface area contributed by atoms with Crippen LogP contribution in [-0.4, -0.2) is 26.7 Å². The van der Waals surface area contributed by atoms with Gasteiger partial charge in [-0.15, -0.1) is 0 Å². The van der Waals surface area contributed by atoms with Crippen molar-refractivity contribution in [3.63, 3.8) is 0 Å². The maximum absolute atomic E-state index is 13.8. The summed E-state index contributed by atoms with van der Waals surface area (Å²) in [4.78, 5) is 11.8. The number of aryl methyl sites for hydroxylation is 1. The summed E-state index contributed by atoms with van der Waals surface area (Å²) < 4.78 is 15.3. The van der Waals surface area contributed by atoms with E-state index in [1.807, 2.05) is 0 Å². The molecule has 1 aromatic carbocycles. The zero-order valence-corrected chi connectivity index (χ0v) is 10.5. The van der Waals surface area contributed by atoms with Crippen molar-refractivity contribution < 1.29 is 14.4 Å². The number of nitrogens with one attached hydrogen (secondary N) is 1. The van der Waals surface area contributed by atoms with Crippen molar-refractivity contribution in [3.05, 3.63) is 47.5 Å². The summed E-state index contributed by atoms with van der Waals surface area (Å²) in [6.07, 6.45) is 1.60. The number of hydrogen-bond acceptors (Lipinski definition) is 4. The first-order chi connectivity index (χ1) is 9.51. The van der Waals surface area contributed by atoms with Crippen molar-refractivity contribution in [2.24, 2.45) is 17.9 Å². The molecule has 2 aromatic rings. The number of nitrogens with zero attached hydrogens (tertiary/aromatic N) is 3. The number of hydrogen-bond donors (Lipinski definition) is 3. The molecule has 0 fully saturated rings. The third-order valence-corrected chi connectivity index (χ3v) is 2.57. The molecule has 0 aliphatic rings. The van der Waals surface area contributed by atoms with Crippen LogP contribution in [-0.2, 0) is 7.05 Å². The van der Waals surface area contributed by atoms with Gasteiger partial charge in [0.2, 0.25) is 0 Å². The van der Waals surface area contributed by atoms with Crippen LogP contribution in [0.4, 0.5) is 10.1 Å². The molecule has 0 aliphatic heterocycles. The second-order valence-corrected chi connectivity index (χ2v) is 4.01. The number of benzene rings is 1. The number of aromatic nitrogens is 2. The average Bonchev–Trinajstić information content (AvgIpc) is 2.86. The highest BCUT2D eigenvalue weighted by Gasteiger charge is 2.12. The lowest BCUT2D eigenvalue weighted by atomic mass is 10.2. The molecule has 20 heavy (non-hydrogen) atoms. The number of amides is 1. The molecular formula is C12H12FN5O2. The lowest BCUT2D eigenvalue weighted by Crippen LogP contribution is -2.16. The zero-order chi connectivity index (χ0) is 14.7. The zero-order valence-electron chi connectivity index (χ0n) is 10.5. The van der Waals surface area contributed by atoms with Crippen molar-refractivity contribution in [2.45, 2.75) is 0 Å². The topological polar surface area (TPSA) is 106 Å². The van der Waals surface area contributed by atoms with Crippen molar-refractivity contribution in [1.82, 2.24) is 9.78 Å². The average molecular weight is 277 g/mol. The molecule has 8 heteroatoms. The molecule has 0 saturated carbocycles. The summed E-state index contributed by atoms with van der Waals surface area (Å²) in [5, 5.41) is 17.6. The molecule has 0 aliphatic carbocycles. The lowest BCUT2D eigenvalue weighted by Gasteiger charge is -2.06. The fourth-order valence-corrected chi connectivity index (χ4v) is 1.56. The van der Waals surface area contributed by atoms with Crippen LogP contribution in [0.2, 0.25) is 0 Å². The Balaban J connectivity index is 2.20. The molecule has 1 amide bonds. The Labute approximate surface area is 113 Å². The number of amidine groups is 1. The van der Waals surface area contributed by atoms with E-state index in [4.69, 9.17) is 10.9 Å². The molecule has 2 rings (SSSR count). The van der Waals surface area contributed by atoms with Gasteiger partial charge in [0.25, 0.3) is 5.91 Å². The highest BCUT2D eigenvalue weighted by atomic mass is 19.1. The van der Waals surface area contributed by atoms with Crippen molar-refractivity contribution in [1.29, 1.82) is 0 Å². The summed E-state index contributed by atoms with van der Waals surface area (Å²) >= 11 is 0. The van der Waals surface area contributed by atoms with Crippen molar-refractivity contribution >= 4 is 17.4 Å². The van der Waals surface area contributed by atoms with E-state index in [9.17, 15) is 9.18 Å². The number of anilines is 1. The molecule has 0 unspecified atom stereocenters. The van der Waals surface area contributed by atoms with E-state index in [1.165, 1.54) is 22.9 Å². The molecule has 0 radical (unpaired) electrons. The monoisotopic (exact) mass is 277 g/mol. The van der Waals surface area contributed by atoms with Gasteiger partial charge in [-0.1, -0.05) is 5.16 Å². The van der Waals surface area contributed by atoms with E-state index in [1.54, 1.807) is 13.2 Å². The van der Waals surface area contributed by atoms with E-state index in [2.05, 4.69) is 15.6 Å². The molecule has 4 N–H and O–H groups in total. The van der Waals surface area contributed by atoms with Gasteiger partial charge in [0, 0.05) is 18.8 Å². The Morgan fingerprint density at radius 3 is 2.80 bits per heavy atom. The maximum atomic E-state index is 13.8. The number of halogens is 1. The Bertz CT molecular complexity index is 680. The van der Waals surface area contributed by atoms with Crippen LogP contribution >= 0.6 is 0 Å². The Morgan fingerprint density at radius 2 is 2.25 bits per heavy atom. The third kappa shape index (κ3) is 2.74. The highest BCUT2D eigenvalue weighted by Crippen LogP contribution is 2.16. The van der Waals surface area contributed by atoms with E-state index >= 15 is 0 Å². The summed E-state index contributed by atoms with van der Waals surface area (Å²) in [6, 6.07) is 5.32. The second kappa shape index (κ2) is 5.39. The third-order valence-electron chi connectivity index (χ3n) is 2.57. The Morgan fingerprint density at radius 1 is 1.50 bits per heavy atom. The SMILES string of the molecule is Cn1ccc(C(=O)Nc2ccc(/C(N)=N/O)cc2F)n1. The Kier molecular flexibility index (Phi) is 3.65. The van der Waals surface area contributed by atoms with Gasteiger partial charge in [-0.3, -0.25) is 9.48 Å². The van der Waals surface area contributed by atoms with Crippen LogP contribution in [0.25, 0.3) is 0 Å². The van der Waals surface area contributed by atoms with E-state index in [0.717, 1.165) is 6.07 Å². The van der Waals surface area contributed by atoms with E-state index in [0.29, 0.717) is 0 Å². The number of nitrogens with two attached hydrogens (primary N) is 1. The van der Waals surface area contributed by atoms with Gasteiger partial charge in [-0.05, 0) is 24.3 Å². The molecule has 0 saturated heterocycles. The predicted molar refractivity (Wildman–Crippen MR) is 70.1 cm³/mol. The molecule has 1 heterocycles. The van der Waals surface area contributed by atoms with Crippen LogP contribution in [0.3, 0.4) is 0 Å². The summed E-state index contributed by atoms with van der Waals surface area (Å²) in [5.74, 6) is -1.44. The first-order valence-corrected chi connectivity index (χ1v) is 5.59. The highest BCUT2D eigenvalue weighted by molar-refractivity contribution is 6.03. The summed E-state index contributed by atoms with van der Waals surface area (Å²) in [6.45, 7) is 0. The molecule has 0 atom stereocenters. The number of carbonyl (C=O) groups excluding carboxylic acids is 1. The van der Waals surface area contributed by atoms with Crippen LogP contribution in [0.5, 0.6) is 0 Å². The van der Waals surface area contributed by atoms with Crippen LogP contribution in [0, 0.1) is 5.82 Å². The minimum atomic E-state index is -0.696. The Hall–Kier alpha value is -2.90. The number of rotatable bonds is 3. The molecule has 1 aromatic heterocycles. The van der Waals surface area contributed by atoms with Gasteiger partial charge in [0.1, 0.15) is 5.82 Å². The van der Waals surface area contributed by atoms with Gasteiger partial charge < -0.3 is 16.3 Å². The van der Waals surface area contributed by atoms with Crippen LogP contribution in [0.1, 0.15) is 16.1 Å². The van der Waals surface area contributed by atoms with Crippen LogP contribution in [0.15, 0.2) is 35.6 Å². The standard InChI is InChI=1S/C12H12FN5O2/c1-18-5-4-10(16-18)12(19)15-9-3-2-7(6-8(9)13)11(14)17-20/h2-6,20H,1H3,(H2,14,17)(H,15,19). The number of carbonyl (C=O) groups is 1. The smallest absolute Gasteiger partial charge is 0.276 e. The maximum Gasteiger partial charge on any atom is 0.276 e. The molecule has 0 spiro atoms. The lowest BCUT2D eigenvalue weighted by molar-refractivity contribution is 0.102. The first-order valence-electron chi connectivity index (χ1n) is 5.59. The van der Waals surface area contributed by atoms with Crippen molar-refractivity contribution in [2.75, 3.05) is 5.32 Å². The normalized spacial score (nSPS) is 11.4. The van der Waals surface area contributed by atoms with Gasteiger partial charge in [-0.25, -0.2) is 4.39 Å². The summed E-state index contributed by atoms with van der Waals surface area (Å²) in [7, 11) is 1.67. The predicted octanol–water partition coefficient (Wildman–Crippen LogP) is 0.906. The quantitative estimate of drug-likeness (QED) is 0.335. The summed E-state index contributed by atoms with van der Waals surface area (Å²) in [5.41, 5.74) is 5.71. The molecule has 104 valence electrons. The molecule has 7 nitrogen and oxygen atoms in total. The van der Waals surface area contributed by atoms with Gasteiger partial charge in [-0.2, -0.15) is 5.10 Å². The fourth-order valence-electron chi connectivity index (χ4n) is 1.56.